The average Bonchev–Trinajstić information content (AvgIpc) is 3.31. The molecule has 1 unspecified atom stereocenters. The highest BCUT2D eigenvalue weighted by atomic mass is 16.6. The van der Waals surface area contributed by atoms with Gasteiger partial charge >= 0.3 is 17.9 Å². The SMILES string of the molecule is CC/C=C\C/C=C\C/C=C\CCCCCCCCCCCC(=O)OCC(COC(=O)CCCCCC/C=C\C/C=C\C/C=C\CC)OC(=O)CCCCCCCC/C=C\C=C/CCCCC. The monoisotopic (exact) mass is 917 g/mol. The maximum absolute atomic E-state index is 12.8. The van der Waals surface area contributed by atoms with Crippen molar-refractivity contribution in [3.8, 4) is 0 Å². The van der Waals surface area contributed by atoms with Gasteiger partial charge in [-0.2, -0.15) is 0 Å². The van der Waals surface area contributed by atoms with Gasteiger partial charge in [0.2, 0.25) is 0 Å². The molecule has 0 fully saturated rings. The average molecular weight is 917 g/mol. The van der Waals surface area contributed by atoms with Gasteiger partial charge in [0, 0.05) is 19.3 Å². The van der Waals surface area contributed by atoms with Crippen molar-refractivity contribution < 1.29 is 28.6 Å². The number of hydrogen-bond donors (Lipinski definition) is 0. The van der Waals surface area contributed by atoms with Crippen LogP contribution in [0.1, 0.15) is 245 Å². The fourth-order valence-corrected chi connectivity index (χ4v) is 7.28. The molecule has 0 aliphatic carbocycles. The molecule has 6 heteroatoms. The number of rotatable bonds is 48. The zero-order valence-electron chi connectivity index (χ0n) is 42.9. The quantitative estimate of drug-likeness (QED) is 0.0199. The highest BCUT2D eigenvalue weighted by Crippen LogP contribution is 2.14. The Balaban J connectivity index is 4.43. The molecule has 376 valence electrons. The van der Waals surface area contributed by atoms with Crippen molar-refractivity contribution in [1.29, 1.82) is 0 Å². The van der Waals surface area contributed by atoms with Gasteiger partial charge in [-0.3, -0.25) is 14.4 Å². The summed E-state index contributed by atoms with van der Waals surface area (Å²) in [6, 6.07) is 0. The molecule has 6 nitrogen and oxygen atoms in total. The van der Waals surface area contributed by atoms with Crippen molar-refractivity contribution in [2.75, 3.05) is 13.2 Å². The number of hydrogen-bond acceptors (Lipinski definition) is 6. The van der Waals surface area contributed by atoms with Gasteiger partial charge in [-0.15, -0.1) is 0 Å². The number of esters is 3. The molecule has 0 N–H and O–H groups in total. The van der Waals surface area contributed by atoms with Crippen LogP contribution in [0.2, 0.25) is 0 Å². The summed E-state index contributed by atoms with van der Waals surface area (Å²) >= 11 is 0. The van der Waals surface area contributed by atoms with E-state index in [0.717, 1.165) is 122 Å². The van der Waals surface area contributed by atoms with Gasteiger partial charge in [-0.1, -0.05) is 214 Å². The Kier molecular flexibility index (Phi) is 50.9. The number of carbonyl (C=O) groups is 3. The van der Waals surface area contributed by atoms with E-state index in [1.54, 1.807) is 0 Å². The van der Waals surface area contributed by atoms with Gasteiger partial charge in [-0.25, -0.2) is 0 Å². The molecule has 0 bridgehead atoms. The molecule has 0 saturated heterocycles. The summed E-state index contributed by atoms with van der Waals surface area (Å²) in [6.07, 6.45) is 71.0. The third-order valence-corrected chi connectivity index (χ3v) is 11.3. The summed E-state index contributed by atoms with van der Waals surface area (Å²) in [4.78, 5) is 38.1. The third-order valence-electron chi connectivity index (χ3n) is 11.3. The summed E-state index contributed by atoms with van der Waals surface area (Å²) in [5.41, 5.74) is 0. The topological polar surface area (TPSA) is 78.9 Å². The first-order valence-electron chi connectivity index (χ1n) is 27.3. The Morgan fingerprint density at radius 2 is 0.636 bits per heavy atom. The van der Waals surface area contributed by atoms with Crippen LogP contribution in [0, 0.1) is 0 Å². The first-order valence-corrected chi connectivity index (χ1v) is 27.3. The molecular weight excluding hydrogens is 817 g/mol. The van der Waals surface area contributed by atoms with Gasteiger partial charge < -0.3 is 14.2 Å². The molecule has 0 aromatic heterocycles. The van der Waals surface area contributed by atoms with E-state index in [1.807, 2.05) is 0 Å². The second-order valence-corrected chi connectivity index (χ2v) is 17.8. The molecule has 0 spiro atoms. The van der Waals surface area contributed by atoms with Crippen LogP contribution in [0.5, 0.6) is 0 Å². The van der Waals surface area contributed by atoms with E-state index < -0.39 is 6.10 Å². The van der Waals surface area contributed by atoms with Gasteiger partial charge in [-0.05, 0) is 109 Å². The normalized spacial score (nSPS) is 12.8. The van der Waals surface area contributed by atoms with E-state index in [4.69, 9.17) is 14.2 Å². The number of carbonyl (C=O) groups excluding carboxylic acids is 3. The van der Waals surface area contributed by atoms with Crippen molar-refractivity contribution >= 4 is 17.9 Å². The number of unbranched alkanes of at least 4 members (excludes halogenated alkanes) is 22. The van der Waals surface area contributed by atoms with Crippen molar-refractivity contribution in [2.24, 2.45) is 0 Å². The molecule has 0 amide bonds. The van der Waals surface area contributed by atoms with Gasteiger partial charge in [0.05, 0.1) is 0 Å². The molecule has 0 aliphatic rings. The lowest BCUT2D eigenvalue weighted by Gasteiger charge is -2.18. The Bertz CT molecular complexity index is 1330. The fourth-order valence-electron chi connectivity index (χ4n) is 7.28. The zero-order chi connectivity index (χ0) is 47.9. The van der Waals surface area contributed by atoms with Gasteiger partial charge in [0.25, 0.3) is 0 Å². The highest BCUT2D eigenvalue weighted by Gasteiger charge is 2.19. The zero-order valence-corrected chi connectivity index (χ0v) is 42.9. The molecule has 0 aromatic carbocycles. The predicted octanol–water partition coefficient (Wildman–Crippen LogP) is 18.1. The highest BCUT2D eigenvalue weighted by molar-refractivity contribution is 5.71. The maximum Gasteiger partial charge on any atom is 0.306 e. The van der Waals surface area contributed by atoms with E-state index >= 15 is 0 Å². The third kappa shape index (κ3) is 51.3. The molecule has 0 heterocycles. The molecule has 0 aromatic rings. The molecule has 1 atom stereocenters. The van der Waals surface area contributed by atoms with Crippen molar-refractivity contribution in [3.05, 3.63) is 97.2 Å². The van der Waals surface area contributed by atoms with Crippen molar-refractivity contribution in [2.45, 2.75) is 252 Å². The molecule has 0 aliphatic heterocycles. The van der Waals surface area contributed by atoms with Crippen LogP contribution >= 0.6 is 0 Å². The minimum absolute atomic E-state index is 0.0933. The second-order valence-electron chi connectivity index (χ2n) is 17.8. The number of allylic oxidation sites excluding steroid dienone is 16. The summed E-state index contributed by atoms with van der Waals surface area (Å²) in [5.74, 6) is -0.933. The van der Waals surface area contributed by atoms with Crippen LogP contribution in [-0.4, -0.2) is 37.2 Å². The van der Waals surface area contributed by atoms with E-state index in [0.29, 0.717) is 19.3 Å². The molecule has 66 heavy (non-hydrogen) atoms. The Hall–Kier alpha value is -3.67. The number of ether oxygens (including phenoxy) is 3. The van der Waals surface area contributed by atoms with Crippen molar-refractivity contribution in [1.82, 2.24) is 0 Å². The summed E-state index contributed by atoms with van der Waals surface area (Å²) in [5, 5.41) is 0. The van der Waals surface area contributed by atoms with Crippen LogP contribution in [0.3, 0.4) is 0 Å². The molecule has 0 radical (unpaired) electrons. The Morgan fingerprint density at radius 3 is 1.02 bits per heavy atom. The minimum Gasteiger partial charge on any atom is -0.462 e. The lowest BCUT2D eigenvalue weighted by Crippen LogP contribution is -2.30. The molecular formula is C60H100O6. The van der Waals surface area contributed by atoms with E-state index in [9.17, 15) is 14.4 Å². The summed E-state index contributed by atoms with van der Waals surface area (Å²) < 4.78 is 16.8. The standard InChI is InChI=1S/C60H100O6/c1-4-7-10-13-16-19-22-25-28-29-30-31-33-35-38-41-44-47-50-53-59(62)65-56-57(55-64-58(61)52-49-46-43-40-37-34-27-24-21-18-15-12-9-6-3)66-60(63)54-51-48-45-42-39-36-32-26-23-20-17-14-11-8-5-2/h7,9-10,12,16-21,23,25-28,34,57H,4-6,8,11,13-15,22,24,29-33,35-56H2,1-3H3/b10-7-,12-9-,19-16-,20-17-,21-18-,26-23-,28-25-,34-27-. The second kappa shape index (κ2) is 53.9. The van der Waals surface area contributed by atoms with Gasteiger partial charge in [0.1, 0.15) is 13.2 Å². The lowest BCUT2D eigenvalue weighted by atomic mass is 10.1. The Morgan fingerprint density at radius 1 is 0.333 bits per heavy atom. The fraction of sp³-hybridized carbons (Fsp3) is 0.683. The minimum atomic E-state index is -0.796. The van der Waals surface area contributed by atoms with Crippen LogP contribution < -0.4 is 0 Å². The molecule has 0 saturated carbocycles. The summed E-state index contributed by atoms with van der Waals surface area (Å²) in [7, 11) is 0. The van der Waals surface area contributed by atoms with E-state index in [2.05, 4.69) is 118 Å². The summed E-state index contributed by atoms with van der Waals surface area (Å²) in [6.45, 7) is 6.35. The van der Waals surface area contributed by atoms with Gasteiger partial charge in [0.15, 0.2) is 6.10 Å². The largest absolute Gasteiger partial charge is 0.462 e. The van der Waals surface area contributed by atoms with E-state index in [1.165, 1.54) is 83.5 Å². The van der Waals surface area contributed by atoms with Crippen LogP contribution in [0.4, 0.5) is 0 Å². The van der Waals surface area contributed by atoms with Crippen molar-refractivity contribution in [3.63, 3.8) is 0 Å². The molecule has 0 rings (SSSR count). The van der Waals surface area contributed by atoms with E-state index in [-0.39, 0.29) is 31.1 Å². The predicted molar refractivity (Wildman–Crippen MR) is 284 cm³/mol. The van der Waals surface area contributed by atoms with Crippen LogP contribution in [0.25, 0.3) is 0 Å². The van der Waals surface area contributed by atoms with Crippen LogP contribution in [-0.2, 0) is 28.6 Å². The maximum atomic E-state index is 12.8. The lowest BCUT2D eigenvalue weighted by molar-refractivity contribution is -0.167. The first-order chi connectivity index (χ1) is 32.5. The first kappa shape index (κ1) is 62.3. The Labute approximate surface area is 407 Å². The van der Waals surface area contributed by atoms with Crippen LogP contribution in [0.15, 0.2) is 97.2 Å². The smallest absolute Gasteiger partial charge is 0.306 e.